The van der Waals surface area contributed by atoms with Crippen molar-refractivity contribution in [2.45, 2.75) is 200 Å². The monoisotopic (exact) mass is 968 g/mol. The Labute approximate surface area is 396 Å². The number of halogens is 2. The first-order valence-electron chi connectivity index (χ1n) is 24.6. The Bertz CT molecular complexity index is 1930. The van der Waals surface area contributed by atoms with Crippen LogP contribution in [0.1, 0.15) is 120 Å². The number of Topliss-reactive ketones (excluding diaryl/α,β-unsaturated/α-hetero) is 1. The number of carbonyl (C=O) groups is 6. The number of alkyl halides is 2. The van der Waals surface area contributed by atoms with Crippen molar-refractivity contribution in [3.05, 3.63) is 0 Å². The molecule has 0 aromatic heterocycles. The van der Waals surface area contributed by atoms with E-state index in [0.717, 1.165) is 66.7 Å². The van der Waals surface area contributed by atoms with Gasteiger partial charge in [-0.05, 0) is 85.4 Å². The summed E-state index contributed by atoms with van der Waals surface area (Å²) < 4.78 is 95.9. The molecule has 4 saturated heterocycles. The number of esters is 5. The van der Waals surface area contributed by atoms with E-state index in [9.17, 15) is 33.2 Å². The predicted molar refractivity (Wildman–Crippen MR) is 229 cm³/mol. The van der Waals surface area contributed by atoms with Gasteiger partial charge in [-0.15, -0.1) is 0 Å². The van der Waals surface area contributed by atoms with Crippen molar-refractivity contribution in [3.8, 4) is 0 Å². The summed E-state index contributed by atoms with van der Waals surface area (Å²) in [6.07, 6.45) is -10.2. The third-order valence-corrected chi connectivity index (χ3v) is 17.2. The molecule has 0 aromatic rings. The molecule has 4 saturated carbocycles. The predicted octanol–water partition coefficient (Wildman–Crippen LogP) is 5.43. The van der Waals surface area contributed by atoms with Crippen LogP contribution in [0.5, 0.6) is 0 Å². The zero-order chi connectivity index (χ0) is 49.2. The number of ketones is 1. The summed E-state index contributed by atoms with van der Waals surface area (Å²) in [6, 6.07) is 0. The Kier molecular flexibility index (Phi) is 14.8. The first kappa shape index (κ1) is 51.0. The van der Waals surface area contributed by atoms with Crippen LogP contribution in [-0.4, -0.2) is 135 Å². The van der Waals surface area contributed by atoms with Gasteiger partial charge < -0.3 is 52.1 Å². The molecule has 0 aromatic carbocycles. The lowest BCUT2D eigenvalue weighted by Gasteiger charge is -2.60. The maximum atomic E-state index is 15.4. The molecular weight excluding hydrogens is 899 g/mol. The molecule has 22 atom stereocenters. The normalized spacial score (nSPS) is 47.4. The van der Waals surface area contributed by atoms with E-state index in [1.807, 2.05) is 0 Å². The zero-order valence-corrected chi connectivity index (χ0v) is 40.7. The van der Waals surface area contributed by atoms with Gasteiger partial charge in [0.1, 0.15) is 37.4 Å². The number of ether oxygens (including phenoxy) is 11. The Morgan fingerprint density at radius 1 is 0.647 bits per heavy atom. The fourth-order valence-corrected chi connectivity index (χ4v) is 14.5. The Morgan fingerprint density at radius 3 is 1.75 bits per heavy atom. The van der Waals surface area contributed by atoms with Crippen molar-refractivity contribution < 1.29 is 89.7 Å². The van der Waals surface area contributed by atoms with Crippen LogP contribution in [-0.2, 0) is 80.9 Å². The van der Waals surface area contributed by atoms with Crippen LogP contribution >= 0.6 is 0 Å². The van der Waals surface area contributed by atoms with Gasteiger partial charge in [-0.1, -0.05) is 27.7 Å². The summed E-state index contributed by atoms with van der Waals surface area (Å²) >= 11 is 0. The van der Waals surface area contributed by atoms with Crippen LogP contribution in [0.3, 0.4) is 0 Å². The second-order valence-electron chi connectivity index (χ2n) is 21.5. The van der Waals surface area contributed by atoms with Gasteiger partial charge in [0.25, 0.3) is 0 Å². The van der Waals surface area contributed by atoms with Crippen LogP contribution < -0.4 is 0 Å². The highest BCUT2D eigenvalue weighted by Crippen LogP contribution is 2.70. The van der Waals surface area contributed by atoms with E-state index < -0.39 is 116 Å². The molecule has 0 N–H and O–H groups in total. The van der Waals surface area contributed by atoms with E-state index >= 15 is 4.39 Å². The molecule has 8 fully saturated rings. The van der Waals surface area contributed by atoms with Crippen molar-refractivity contribution >= 4 is 35.6 Å². The Balaban J connectivity index is 1.00. The summed E-state index contributed by atoms with van der Waals surface area (Å²) in [5.41, 5.74) is -0.498. The molecule has 2 unspecified atom stereocenters. The number of carbonyl (C=O) groups excluding carboxylic acids is 6. The van der Waals surface area contributed by atoms with Crippen molar-refractivity contribution in [2.75, 3.05) is 20.0 Å². The molecule has 0 amide bonds. The molecule has 19 heteroatoms. The van der Waals surface area contributed by atoms with Gasteiger partial charge in [0.05, 0.1) is 18.8 Å². The van der Waals surface area contributed by atoms with Crippen molar-refractivity contribution in [3.63, 3.8) is 0 Å². The highest BCUT2D eigenvalue weighted by Gasteiger charge is 2.71. The topological polar surface area (TPSA) is 204 Å². The minimum Gasteiger partial charge on any atom is -0.456 e. The summed E-state index contributed by atoms with van der Waals surface area (Å²) in [4.78, 5) is 77.1. The van der Waals surface area contributed by atoms with Gasteiger partial charge in [0, 0.05) is 59.3 Å². The molecule has 382 valence electrons. The molecule has 4 aliphatic carbocycles. The number of fused-ring (bicyclic) bond motifs is 7. The van der Waals surface area contributed by atoms with Crippen molar-refractivity contribution in [1.29, 1.82) is 0 Å². The van der Waals surface area contributed by atoms with Gasteiger partial charge >= 0.3 is 29.8 Å². The molecule has 0 radical (unpaired) electrons. The third kappa shape index (κ3) is 9.34. The molecule has 17 nitrogen and oxygen atoms in total. The van der Waals surface area contributed by atoms with Crippen LogP contribution in [0.2, 0.25) is 0 Å². The minimum atomic E-state index is -1.87. The molecule has 4 heterocycles. The number of hydrogen-bond donors (Lipinski definition) is 0. The average molecular weight is 969 g/mol. The fourth-order valence-electron chi connectivity index (χ4n) is 14.5. The molecule has 1 spiro atoms. The zero-order valence-electron chi connectivity index (χ0n) is 40.7. The smallest absolute Gasteiger partial charge is 0.303 e. The van der Waals surface area contributed by atoms with Crippen LogP contribution in [0, 0.1) is 52.3 Å². The largest absolute Gasteiger partial charge is 0.456 e. The van der Waals surface area contributed by atoms with Gasteiger partial charge in [-0.25, -0.2) is 8.78 Å². The highest BCUT2D eigenvalue weighted by molar-refractivity contribution is 5.84. The third-order valence-electron chi connectivity index (χ3n) is 17.2. The lowest BCUT2D eigenvalue weighted by Crippen LogP contribution is -2.67. The summed E-state index contributed by atoms with van der Waals surface area (Å²) in [7, 11) is 0. The van der Waals surface area contributed by atoms with E-state index in [4.69, 9.17) is 52.1 Å². The van der Waals surface area contributed by atoms with Crippen LogP contribution in [0.25, 0.3) is 0 Å². The Morgan fingerprint density at radius 2 is 1.19 bits per heavy atom. The Hall–Kier alpha value is -3.36. The SMILES string of the molecule is CC(=O)O[C@@H]1[C@@H](OC(C)=O)[C@H](O[C@H]2[C@H](OC(C)=O)[C@@H](OC(C)=O)[C@H](O[C@H]3CC[C@@]4(C)[C@@H](CC[C@@H]5[C@@H]4C(=O)C[C@]4(C)C6C(C[C@@H]54)O[C@]4(CC[C@@H](C)CO4)[C@H]6C)C3)O[C@@H]2CF)O[C@H](CF)[C@H]1OC(C)=O. The number of rotatable bonds is 11. The van der Waals surface area contributed by atoms with Crippen LogP contribution in [0.15, 0.2) is 0 Å². The van der Waals surface area contributed by atoms with Gasteiger partial charge in [0.15, 0.2) is 48.9 Å². The van der Waals surface area contributed by atoms with E-state index in [2.05, 4.69) is 27.7 Å². The van der Waals surface area contributed by atoms with E-state index in [0.29, 0.717) is 49.9 Å². The second kappa shape index (κ2) is 19.7. The van der Waals surface area contributed by atoms with E-state index in [1.54, 1.807) is 0 Å². The molecule has 8 rings (SSSR count). The molecular formula is C49H70F2O17. The average Bonchev–Trinajstić information content (AvgIpc) is 3.70. The minimum absolute atomic E-state index is 0.0548. The molecule has 4 aliphatic heterocycles. The van der Waals surface area contributed by atoms with E-state index in [1.165, 1.54) is 0 Å². The number of hydrogen-bond acceptors (Lipinski definition) is 17. The maximum Gasteiger partial charge on any atom is 0.303 e. The van der Waals surface area contributed by atoms with Gasteiger partial charge in [-0.2, -0.15) is 0 Å². The second-order valence-corrected chi connectivity index (χ2v) is 21.5. The summed E-state index contributed by atoms with van der Waals surface area (Å²) in [5, 5.41) is 0. The van der Waals surface area contributed by atoms with Crippen molar-refractivity contribution in [2.24, 2.45) is 52.3 Å². The standard InChI is InChI=1S/C49H70F2O17/c1-22-12-15-49(58-21-22)23(2)37-34(68-49)17-32-31-11-10-29-16-30(13-14-47(29,8)38(31)33(57)18-48(32,37)9)64-45-43(62-27(6)55)42(61-26(5)54)40(36(20-51)65-45)67-46-44(63-28(7)56)41(60-25(4)53)39(59-24(3)52)35(19-50)66-46/h22-23,29-32,34-46H,10-21H2,1-9H3/t22-,23+,29+,30+,31+,32+,34?,35-,36-,37?,38-,39-,40-,41+,42+,43-,44-,45-,46+,47+,48+,49-/m1/s1. The maximum absolute atomic E-state index is 15.4. The highest BCUT2D eigenvalue weighted by atomic mass is 19.1. The first-order chi connectivity index (χ1) is 32.1. The van der Waals surface area contributed by atoms with Crippen LogP contribution in [0.4, 0.5) is 8.78 Å². The van der Waals surface area contributed by atoms with E-state index in [-0.39, 0.29) is 46.5 Å². The van der Waals surface area contributed by atoms with Crippen molar-refractivity contribution in [1.82, 2.24) is 0 Å². The summed E-state index contributed by atoms with van der Waals surface area (Å²) in [6.45, 7) is 12.4. The molecule has 8 aliphatic rings. The lowest BCUT2D eigenvalue weighted by atomic mass is 9.44. The fraction of sp³-hybridized carbons (Fsp3) is 0.878. The first-order valence-corrected chi connectivity index (χ1v) is 24.6. The van der Waals surface area contributed by atoms with Gasteiger partial charge in [0.2, 0.25) is 0 Å². The summed E-state index contributed by atoms with van der Waals surface area (Å²) in [5.74, 6) is -3.25. The molecule has 68 heavy (non-hydrogen) atoms. The quantitative estimate of drug-likeness (QED) is 0.144. The lowest BCUT2D eigenvalue weighted by molar-refractivity contribution is -0.363. The van der Waals surface area contributed by atoms with Gasteiger partial charge in [-0.3, -0.25) is 28.8 Å². The molecule has 0 bridgehead atoms.